The lowest BCUT2D eigenvalue weighted by Gasteiger charge is -2.08. The molecule has 3 heteroatoms. The van der Waals surface area contributed by atoms with Crippen LogP contribution < -0.4 is 11.1 Å². The number of anilines is 2. The lowest BCUT2D eigenvalue weighted by molar-refractivity contribution is 0.889. The first kappa shape index (κ1) is 7.85. The second kappa shape index (κ2) is 3.23. The Kier molecular flexibility index (Phi) is 2.31. The highest BCUT2D eigenvalue weighted by Crippen LogP contribution is 2.08. The Balaban J connectivity index is 2.71. The van der Waals surface area contributed by atoms with E-state index >= 15 is 0 Å². The second-order valence-corrected chi connectivity index (χ2v) is 2.77. The van der Waals surface area contributed by atoms with E-state index in [1.165, 1.54) is 0 Å². The number of nitrogens with one attached hydrogen (secondary N) is 1. The van der Waals surface area contributed by atoms with Crippen LogP contribution in [0.3, 0.4) is 0 Å². The zero-order valence-electron chi connectivity index (χ0n) is 6.83. The molecule has 1 aromatic heterocycles. The quantitative estimate of drug-likeness (QED) is 0.673. The molecular formula is C8H13N3. The molecule has 0 amide bonds. The molecule has 0 aliphatic carbocycles. The minimum Gasteiger partial charge on any atom is -0.399 e. The third-order valence-electron chi connectivity index (χ3n) is 1.22. The molecule has 0 fully saturated rings. The van der Waals surface area contributed by atoms with Gasteiger partial charge in [0.05, 0.1) is 0 Å². The number of nitrogens with zero attached hydrogens (tertiary/aromatic N) is 1. The van der Waals surface area contributed by atoms with Crippen LogP contribution in [0.25, 0.3) is 0 Å². The van der Waals surface area contributed by atoms with Crippen LogP contribution in [-0.4, -0.2) is 11.0 Å². The van der Waals surface area contributed by atoms with Gasteiger partial charge in [-0.05, 0) is 19.9 Å². The predicted octanol–water partition coefficient (Wildman–Crippen LogP) is 1.48. The zero-order chi connectivity index (χ0) is 8.27. The fourth-order valence-electron chi connectivity index (χ4n) is 0.822. The van der Waals surface area contributed by atoms with E-state index in [2.05, 4.69) is 24.1 Å². The van der Waals surface area contributed by atoms with Gasteiger partial charge >= 0.3 is 0 Å². The molecule has 3 N–H and O–H groups in total. The van der Waals surface area contributed by atoms with Gasteiger partial charge in [0.25, 0.3) is 0 Å². The first-order valence-electron chi connectivity index (χ1n) is 3.66. The Bertz CT molecular complexity index is 233. The van der Waals surface area contributed by atoms with Gasteiger partial charge < -0.3 is 11.1 Å². The summed E-state index contributed by atoms with van der Waals surface area (Å²) in [4.78, 5) is 4.09. The molecule has 0 saturated carbocycles. The van der Waals surface area contributed by atoms with Crippen molar-refractivity contribution in [2.24, 2.45) is 0 Å². The first-order valence-corrected chi connectivity index (χ1v) is 3.66. The summed E-state index contributed by atoms with van der Waals surface area (Å²) in [6, 6.07) is 3.98. The standard InChI is InChI=1S/C8H13N3/c1-6(2)11-8-5-7(9)3-4-10-8/h3-6H,1-2H3,(H3,9,10,11). The monoisotopic (exact) mass is 151 g/mol. The van der Waals surface area contributed by atoms with E-state index in [0.29, 0.717) is 6.04 Å². The van der Waals surface area contributed by atoms with Crippen LogP contribution in [0.2, 0.25) is 0 Å². The summed E-state index contributed by atoms with van der Waals surface area (Å²) in [5.74, 6) is 0.833. The molecule has 1 rings (SSSR count). The minimum absolute atomic E-state index is 0.393. The molecule has 0 atom stereocenters. The van der Waals surface area contributed by atoms with E-state index in [1.807, 2.05) is 6.07 Å². The van der Waals surface area contributed by atoms with Gasteiger partial charge in [-0.3, -0.25) is 0 Å². The van der Waals surface area contributed by atoms with Gasteiger partial charge in [0.15, 0.2) is 0 Å². The van der Waals surface area contributed by atoms with Gasteiger partial charge in [0.2, 0.25) is 0 Å². The van der Waals surface area contributed by atoms with Crippen LogP contribution in [0.1, 0.15) is 13.8 Å². The molecule has 0 saturated heterocycles. The molecule has 0 aliphatic rings. The minimum atomic E-state index is 0.393. The lowest BCUT2D eigenvalue weighted by atomic mass is 10.3. The maximum Gasteiger partial charge on any atom is 0.128 e. The fraction of sp³-hybridized carbons (Fsp3) is 0.375. The SMILES string of the molecule is CC(C)Nc1cc(N)ccn1. The van der Waals surface area contributed by atoms with Gasteiger partial charge in [-0.15, -0.1) is 0 Å². The fourth-order valence-corrected chi connectivity index (χ4v) is 0.822. The van der Waals surface area contributed by atoms with Gasteiger partial charge in [0.1, 0.15) is 5.82 Å². The highest BCUT2D eigenvalue weighted by atomic mass is 15.0. The van der Waals surface area contributed by atoms with Crippen molar-refractivity contribution in [3.63, 3.8) is 0 Å². The topological polar surface area (TPSA) is 50.9 Å². The largest absolute Gasteiger partial charge is 0.399 e. The maximum absolute atomic E-state index is 5.55. The van der Waals surface area contributed by atoms with Crippen molar-refractivity contribution in [2.45, 2.75) is 19.9 Å². The maximum atomic E-state index is 5.55. The average molecular weight is 151 g/mol. The number of hydrogen-bond acceptors (Lipinski definition) is 3. The summed E-state index contributed by atoms with van der Waals surface area (Å²) in [6.07, 6.45) is 1.69. The molecule has 60 valence electrons. The van der Waals surface area contributed by atoms with Crippen LogP contribution in [0.4, 0.5) is 11.5 Å². The Hall–Kier alpha value is -1.25. The van der Waals surface area contributed by atoms with E-state index in [-0.39, 0.29) is 0 Å². The summed E-state index contributed by atoms with van der Waals surface area (Å²) < 4.78 is 0. The van der Waals surface area contributed by atoms with E-state index < -0.39 is 0 Å². The summed E-state index contributed by atoms with van der Waals surface area (Å²) in [5.41, 5.74) is 6.29. The van der Waals surface area contributed by atoms with Crippen LogP contribution in [-0.2, 0) is 0 Å². The first-order chi connectivity index (χ1) is 5.18. The Morgan fingerprint density at radius 3 is 2.82 bits per heavy atom. The van der Waals surface area contributed by atoms with E-state index in [1.54, 1.807) is 12.3 Å². The van der Waals surface area contributed by atoms with Crippen molar-refractivity contribution in [3.8, 4) is 0 Å². The van der Waals surface area contributed by atoms with Gasteiger partial charge in [-0.25, -0.2) is 4.98 Å². The zero-order valence-corrected chi connectivity index (χ0v) is 6.83. The molecule has 0 unspecified atom stereocenters. The Morgan fingerprint density at radius 2 is 2.27 bits per heavy atom. The van der Waals surface area contributed by atoms with Crippen LogP contribution in [0.5, 0.6) is 0 Å². The molecule has 0 spiro atoms. The van der Waals surface area contributed by atoms with Crippen molar-refractivity contribution >= 4 is 11.5 Å². The van der Waals surface area contributed by atoms with Crippen LogP contribution >= 0.6 is 0 Å². The molecule has 0 bridgehead atoms. The normalized spacial score (nSPS) is 10.1. The lowest BCUT2D eigenvalue weighted by Crippen LogP contribution is -2.10. The summed E-state index contributed by atoms with van der Waals surface area (Å²) in [5, 5.41) is 3.15. The van der Waals surface area contributed by atoms with Crippen molar-refractivity contribution in [1.82, 2.24) is 4.98 Å². The van der Waals surface area contributed by atoms with Crippen molar-refractivity contribution in [3.05, 3.63) is 18.3 Å². The molecular weight excluding hydrogens is 138 g/mol. The van der Waals surface area contributed by atoms with Crippen molar-refractivity contribution < 1.29 is 0 Å². The highest BCUT2D eigenvalue weighted by molar-refractivity contribution is 5.48. The number of pyridine rings is 1. The number of nitrogens with two attached hydrogens (primary N) is 1. The van der Waals surface area contributed by atoms with E-state index in [4.69, 9.17) is 5.73 Å². The number of hydrogen-bond donors (Lipinski definition) is 2. The van der Waals surface area contributed by atoms with Crippen molar-refractivity contribution in [1.29, 1.82) is 0 Å². The smallest absolute Gasteiger partial charge is 0.128 e. The molecule has 11 heavy (non-hydrogen) atoms. The predicted molar refractivity (Wildman–Crippen MR) is 47.4 cm³/mol. The molecule has 1 heterocycles. The number of nitrogen functional groups attached to an aromatic ring is 1. The second-order valence-electron chi connectivity index (χ2n) is 2.77. The van der Waals surface area contributed by atoms with Crippen LogP contribution in [0, 0.1) is 0 Å². The molecule has 0 radical (unpaired) electrons. The number of rotatable bonds is 2. The van der Waals surface area contributed by atoms with Gasteiger partial charge in [0, 0.05) is 24.0 Å². The summed E-state index contributed by atoms with van der Waals surface area (Å²) in [7, 11) is 0. The third-order valence-corrected chi connectivity index (χ3v) is 1.22. The molecule has 3 nitrogen and oxygen atoms in total. The van der Waals surface area contributed by atoms with Gasteiger partial charge in [-0.1, -0.05) is 0 Å². The van der Waals surface area contributed by atoms with Gasteiger partial charge in [-0.2, -0.15) is 0 Å². The van der Waals surface area contributed by atoms with Crippen LogP contribution in [0.15, 0.2) is 18.3 Å². The Labute approximate surface area is 66.6 Å². The average Bonchev–Trinajstić information content (AvgIpc) is 1.85. The summed E-state index contributed by atoms with van der Waals surface area (Å²) in [6.45, 7) is 4.12. The van der Waals surface area contributed by atoms with Crippen molar-refractivity contribution in [2.75, 3.05) is 11.1 Å². The van der Waals surface area contributed by atoms with E-state index in [0.717, 1.165) is 11.5 Å². The molecule has 1 aromatic rings. The summed E-state index contributed by atoms with van der Waals surface area (Å²) >= 11 is 0. The molecule has 0 aromatic carbocycles. The third kappa shape index (κ3) is 2.45. The number of aromatic nitrogens is 1. The highest BCUT2D eigenvalue weighted by Gasteiger charge is 1.95. The van der Waals surface area contributed by atoms with E-state index in [9.17, 15) is 0 Å². The Morgan fingerprint density at radius 1 is 1.55 bits per heavy atom. The molecule has 0 aliphatic heterocycles.